The summed E-state index contributed by atoms with van der Waals surface area (Å²) in [5.74, 6) is 0.350. The number of benzene rings is 1. The van der Waals surface area contributed by atoms with Gasteiger partial charge < -0.3 is 0 Å². The number of fused-ring (bicyclic) bond motifs is 1. The third kappa shape index (κ3) is 6.33. The fraction of sp³-hybridized carbons (Fsp3) is 0.654. The van der Waals surface area contributed by atoms with E-state index in [4.69, 9.17) is 0 Å². The number of carbonyl (C=O) groups excluding carboxylic acids is 1. The Bertz CT molecular complexity index is 568. The second-order valence-electron chi connectivity index (χ2n) is 8.40. The molecule has 27 heavy (non-hydrogen) atoms. The van der Waals surface area contributed by atoms with Crippen LogP contribution in [0, 0.1) is 0 Å². The molecule has 2 rings (SSSR count). The molecule has 0 aliphatic heterocycles. The van der Waals surface area contributed by atoms with E-state index in [0.29, 0.717) is 5.78 Å². The van der Waals surface area contributed by atoms with Crippen LogP contribution in [0.3, 0.4) is 0 Å². The van der Waals surface area contributed by atoms with Crippen molar-refractivity contribution >= 4 is 11.9 Å². The van der Waals surface area contributed by atoms with Gasteiger partial charge in [0.25, 0.3) is 0 Å². The number of hydrogen-bond acceptors (Lipinski definition) is 1. The van der Waals surface area contributed by atoms with Gasteiger partial charge in [-0.3, -0.25) is 4.79 Å². The maximum atomic E-state index is 13.1. The van der Waals surface area contributed by atoms with Gasteiger partial charge in [0.2, 0.25) is 0 Å². The average Bonchev–Trinajstić information content (AvgIpc) is 2.70. The van der Waals surface area contributed by atoms with E-state index in [1.54, 1.807) is 0 Å². The standard InChI is InChI=1S/C26H40O/c1-3-5-7-9-11-15-21-26(22-16-12-10-8-6-4-2)24-18-14-13-17-23(24)19-20-25(26)27/h13-14,17-20H,3-12,15-16,21-22H2,1-2H3. The van der Waals surface area contributed by atoms with Crippen molar-refractivity contribution in [2.24, 2.45) is 0 Å². The van der Waals surface area contributed by atoms with Gasteiger partial charge in [-0.15, -0.1) is 0 Å². The van der Waals surface area contributed by atoms with E-state index in [2.05, 4.69) is 38.1 Å². The lowest BCUT2D eigenvalue weighted by molar-refractivity contribution is -0.120. The van der Waals surface area contributed by atoms with Crippen molar-refractivity contribution in [2.45, 2.75) is 109 Å². The minimum atomic E-state index is -0.263. The zero-order chi connectivity index (χ0) is 19.4. The first-order valence-corrected chi connectivity index (χ1v) is 11.6. The van der Waals surface area contributed by atoms with Gasteiger partial charge in [-0.1, -0.05) is 121 Å². The van der Waals surface area contributed by atoms with Crippen LogP contribution in [0.2, 0.25) is 0 Å². The summed E-state index contributed by atoms with van der Waals surface area (Å²) in [5.41, 5.74) is 2.29. The maximum absolute atomic E-state index is 13.1. The molecular formula is C26H40O. The molecular weight excluding hydrogens is 328 g/mol. The summed E-state index contributed by atoms with van der Waals surface area (Å²) in [4.78, 5) is 13.1. The van der Waals surface area contributed by atoms with Crippen molar-refractivity contribution < 1.29 is 4.79 Å². The molecule has 150 valence electrons. The van der Waals surface area contributed by atoms with Crippen LogP contribution in [0.1, 0.15) is 115 Å². The summed E-state index contributed by atoms with van der Waals surface area (Å²) in [5, 5.41) is 0. The Kier molecular flexibility index (Phi) is 9.87. The van der Waals surface area contributed by atoms with E-state index >= 15 is 0 Å². The summed E-state index contributed by atoms with van der Waals surface area (Å²) in [6.07, 6.45) is 21.4. The molecule has 0 fully saturated rings. The fourth-order valence-corrected chi connectivity index (χ4v) is 4.59. The van der Waals surface area contributed by atoms with Crippen LogP contribution in [0.15, 0.2) is 30.3 Å². The Balaban J connectivity index is 2.02. The number of carbonyl (C=O) groups is 1. The molecule has 1 aliphatic rings. The fourth-order valence-electron chi connectivity index (χ4n) is 4.59. The predicted octanol–water partition coefficient (Wildman–Crippen LogP) is 8.02. The molecule has 1 aromatic carbocycles. The molecule has 0 N–H and O–H groups in total. The summed E-state index contributed by atoms with van der Waals surface area (Å²) in [6, 6.07) is 8.60. The molecule has 0 heterocycles. The monoisotopic (exact) mass is 368 g/mol. The van der Waals surface area contributed by atoms with E-state index in [-0.39, 0.29) is 5.41 Å². The topological polar surface area (TPSA) is 17.1 Å². The molecule has 1 aliphatic carbocycles. The smallest absolute Gasteiger partial charge is 0.166 e. The molecule has 0 aromatic heterocycles. The van der Waals surface area contributed by atoms with Crippen molar-refractivity contribution in [1.29, 1.82) is 0 Å². The number of unbranched alkanes of at least 4 members (excludes halogenated alkanes) is 10. The van der Waals surface area contributed by atoms with Crippen LogP contribution in [0.5, 0.6) is 0 Å². The normalized spacial score (nSPS) is 15.1. The van der Waals surface area contributed by atoms with Crippen LogP contribution < -0.4 is 0 Å². The van der Waals surface area contributed by atoms with Crippen molar-refractivity contribution in [2.75, 3.05) is 0 Å². The lowest BCUT2D eigenvalue weighted by atomic mass is 9.66. The summed E-state index contributed by atoms with van der Waals surface area (Å²) in [6.45, 7) is 4.53. The largest absolute Gasteiger partial charge is 0.294 e. The molecule has 0 radical (unpaired) electrons. The SMILES string of the molecule is CCCCCCCCC1(CCCCCCCC)C(=O)C=Cc2ccccc21. The van der Waals surface area contributed by atoms with Gasteiger partial charge >= 0.3 is 0 Å². The Labute approximate surface area is 167 Å². The van der Waals surface area contributed by atoms with Crippen LogP contribution in [-0.4, -0.2) is 5.78 Å². The molecule has 0 amide bonds. The zero-order valence-electron chi connectivity index (χ0n) is 17.8. The van der Waals surface area contributed by atoms with Gasteiger partial charge in [-0.25, -0.2) is 0 Å². The molecule has 0 spiro atoms. The maximum Gasteiger partial charge on any atom is 0.166 e. The Hall–Kier alpha value is -1.37. The third-order valence-electron chi connectivity index (χ3n) is 6.28. The van der Waals surface area contributed by atoms with Gasteiger partial charge in [0.1, 0.15) is 0 Å². The highest BCUT2D eigenvalue weighted by Crippen LogP contribution is 2.42. The van der Waals surface area contributed by atoms with Crippen LogP contribution in [-0.2, 0) is 10.2 Å². The van der Waals surface area contributed by atoms with Crippen LogP contribution in [0.4, 0.5) is 0 Å². The minimum Gasteiger partial charge on any atom is -0.294 e. The molecule has 0 saturated heterocycles. The van der Waals surface area contributed by atoms with E-state index in [9.17, 15) is 4.79 Å². The van der Waals surface area contributed by atoms with E-state index in [0.717, 1.165) is 12.8 Å². The van der Waals surface area contributed by atoms with Gasteiger partial charge in [0, 0.05) is 0 Å². The first-order valence-electron chi connectivity index (χ1n) is 11.6. The lowest BCUT2D eigenvalue weighted by Crippen LogP contribution is -2.37. The molecule has 1 heteroatoms. The van der Waals surface area contributed by atoms with Gasteiger partial charge in [-0.2, -0.15) is 0 Å². The van der Waals surface area contributed by atoms with Crippen molar-refractivity contribution in [1.82, 2.24) is 0 Å². The summed E-state index contributed by atoms with van der Waals surface area (Å²) < 4.78 is 0. The Morgan fingerprint density at radius 1 is 0.667 bits per heavy atom. The molecule has 0 bridgehead atoms. The average molecular weight is 369 g/mol. The minimum absolute atomic E-state index is 0.263. The highest BCUT2D eigenvalue weighted by atomic mass is 16.1. The molecule has 1 aromatic rings. The van der Waals surface area contributed by atoms with Crippen molar-refractivity contribution in [3.63, 3.8) is 0 Å². The number of hydrogen-bond donors (Lipinski definition) is 0. The van der Waals surface area contributed by atoms with Gasteiger partial charge in [-0.05, 0) is 30.0 Å². The van der Waals surface area contributed by atoms with Crippen LogP contribution >= 0.6 is 0 Å². The van der Waals surface area contributed by atoms with E-state index in [1.165, 1.54) is 88.2 Å². The molecule has 0 saturated carbocycles. The highest BCUT2D eigenvalue weighted by molar-refractivity contribution is 6.05. The highest BCUT2D eigenvalue weighted by Gasteiger charge is 2.40. The molecule has 0 unspecified atom stereocenters. The van der Waals surface area contributed by atoms with Gasteiger partial charge in [0.05, 0.1) is 5.41 Å². The molecule has 0 atom stereocenters. The first-order chi connectivity index (χ1) is 13.2. The lowest BCUT2D eigenvalue weighted by Gasteiger charge is -2.36. The summed E-state index contributed by atoms with van der Waals surface area (Å²) >= 11 is 0. The second kappa shape index (κ2) is 12.2. The number of rotatable bonds is 14. The van der Waals surface area contributed by atoms with Gasteiger partial charge in [0.15, 0.2) is 5.78 Å². The zero-order valence-corrected chi connectivity index (χ0v) is 17.8. The summed E-state index contributed by atoms with van der Waals surface area (Å²) in [7, 11) is 0. The number of allylic oxidation sites excluding steroid dienone is 1. The number of ketones is 1. The van der Waals surface area contributed by atoms with Crippen molar-refractivity contribution in [3.05, 3.63) is 41.5 Å². The Morgan fingerprint density at radius 2 is 1.19 bits per heavy atom. The second-order valence-corrected chi connectivity index (χ2v) is 8.40. The van der Waals surface area contributed by atoms with E-state index < -0.39 is 0 Å². The van der Waals surface area contributed by atoms with Crippen molar-refractivity contribution in [3.8, 4) is 0 Å². The third-order valence-corrected chi connectivity index (χ3v) is 6.28. The van der Waals surface area contributed by atoms with Crippen LogP contribution in [0.25, 0.3) is 6.08 Å². The van der Waals surface area contributed by atoms with E-state index in [1.807, 2.05) is 12.2 Å². The predicted molar refractivity (Wildman–Crippen MR) is 118 cm³/mol. The quantitative estimate of drug-likeness (QED) is 0.304. The Morgan fingerprint density at radius 3 is 1.78 bits per heavy atom. The first kappa shape index (κ1) is 21.9. The molecule has 1 nitrogen and oxygen atoms in total.